The van der Waals surface area contributed by atoms with E-state index >= 15 is 0 Å². The third-order valence-electron chi connectivity index (χ3n) is 1.83. The van der Waals surface area contributed by atoms with Crippen LogP contribution in [0.15, 0.2) is 6.07 Å². The van der Waals surface area contributed by atoms with Crippen LogP contribution in [0.5, 0.6) is 17.4 Å². The van der Waals surface area contributed by atoms with Gasteiger partial charge in [0.1, 0.15) is 5.69 Å². The molecule has 0 aliphatic heterocycles. The van der Waals surface area contributed by atoms with E-state index < -0.39 is 12.1 Å². The first-order chi connectivity index (χ1) is 7.91. The molecule has 0 saturated heterocycles. The summed E-state index contributed by atoms with van der Waals surface area (Å²) in [6.07, 6.45) is -4.84. The number of methoxy groups -OCH3 is 2. The average molecular weight is 252 g/mol. The van der Waals surface area contributed by atoms with Crippen LogP contribution >= 0.6 is 0 Å². The second-order valence-electron chi connectivity index (χ2n) is 2.89. The molecule has 96 valence electrons. The van der Waals surface area contributed by atoms with Gasteiger partial charge in [-0.15, -0.1) is 13.2 Å². The van der Waals surface area contributed by atoms with Crippen molar-refractivity contribution in [2.45, 2.75) is 12.9 Å². The highest BCUT2D eigenvalue weighted by Gasteiger charge is 2.34. The largest absolute Gasteiger partial charge is 0.573 e. The Morgan fingerprint density at radius 3 is 2.35 bits per heavy atom. The van der Waals surface area contributed by atoms with Crippen LogP contribution in [0.25, 0.3) is 0 Å². The predicted octanol–water partition coefficient (Wildman–Crippen LogP) is 1.46. The molecule has 0 amide bonds. The molecule has 0 spiro atoms. The Labute approximate surface area is 95.3 Å². The number of pyridine rings is 1. The van der Waals surface area contributed by atoms with Crippen molar-refractivity contribution in [3.05, 3.63) is 11.8 Å². The molecule has 0 aliphatic carbocycles. The number of hydrogen-bond acceptors (Lipinski definition) is 5. The van der Waals surface area contributed by atoms with Crippen LogP contribution in [0.2, 0.25) is 0 Å². The summed E-state index contributed by atoms with van der Waals surface area (Å²) in [6.45, 7) is -0.237. The lowest BCUT2D eigenvalue weighted by Gasteiger charge is -2.15. The fraction of sp³-hybridized carbons (Fsp3) is 0.444. The van der Waals surface area contributed by atoms with Gasteiger partial charge in [0, 0.05) is 12.6 Å². The van der Waals surface area contributed by atoms with Crippen molar-refractivity contribution in [2.24, 2.45) is 5.73 Å². The molecule has 0 aromatic carbocycles. The van der Waals surface area contributed by atoms with E-state index in [0.717, 1.165) is 0 Å². The molecule has 0 fully saturated rings. The zero-order valence-corrected chi connectivity index (χ0v) is 9.17. The number of ether oxygens (including phenoxy) is 3. The van der Waals surface area contributed by atoms with E-state index in [1.165, 1.54) is 20.3 Å². The predicted molar refractivity (Wildman–Crippen MR) is 51.9 cm³/mol. The van der Waals surface area contributed by atoms with Crippen molar-refractivity contribution in [2.75, 3.05) is 14.2 Å². The van der Waals surface area contributed by atoms with Crippen LogP contribution < -0.4 is 19.9 Å². The standard InChI is InChI=1S/C9H11F3N2O3/c1-15-6-3-7(16-2)14-5(4-13)8(6)17-9(10,11)12/h3H,4,13H2,1-2H3. The maximum Gasteiger partial charge on any atom is 0.573 e. The number of nitrogens with two attached hydrogens (primary N) is 1. The second-order valence-corrected chi connectivity index (χ2v) is 2.89. The highest BCUT2D eigenvalue weighted by Crippen LogP contribution is 2.36. The summed E-state index contributed by atoms with van der Waals surface area (Å²) in [4.78, 5) is 3.75. The first-order valence-corrected chi connectivity index (χ1v) is 4.49. The minimum Gasteiger partial charge on any atom is -0.493 e. The number of rotatable bonds is 4. The first-order valence-electron chi connectivity index (χ1n) is 4.49. The maximum absolute atomic E-state index is 12.2. The van der Waals surface area contributed by atoms with Crippen molar-refractivity contribution in [3.63, 3.8) is 0 Å². The summed E-state index contributed by atoms with van der Waals surface area (Å²) in [5, 5.41) is 0. The van der Waals surface area contributed by atoms with Gasteiger partial charge >= 0.3 is 6.36 Å². The molecule has 0 atom stereocenters. The van der Waals surface area contributed by atoms with Gasteiger partial charge in [-0.2, -0.15) is 0 Å². The molecule has 2 N–H and O–H groups in total. The van der Waals surface area contributed by atoms with Crippen LogP contribution in [0.4, 0.5) is 13.2 Å². The average Bonchev–Trinajstić information content (AvgIpc) is 2.27. The molecule has 5 nitrogen and oxygen atoms in total. The van der Waals surface area contributed by atoms with Crippen LogP contribution in [0.3, 0.4) is 0 Å². The van der Waals surface area contributed by atoms with Crippen LogP contribution in [0.1, 0.15) is 5.69 Å². The van der Waals surface area contributed by atoms with E-state index in [4.69, 9.17) is 15.2 Å². The fourth-order valence-corrected chi connectivity index (χ4v) is 1.16. The lowest BCUT2D eigenvalue weighted by Crippen LogP contribution is -2.20. The zero-order valence-electron chi connectivity index (χ0n) is 9.17. The maximum atomic E-state index is 12.2. The lowest BCUT2D eigenvalue weighted by atomic mass is 10.3. The molecule has 1 aromatic heterocycles. The Morgan fingerprint density at radius 2 is 1.94 bits per heavy atom. The molecule has 0 saturated carbocycles. The molecular formula is C9H11F3N2O3. The van der Waals surface area contributed by atoms with E-state index in [2.05, 4.69) is 9.72 Å². The Balaban J connectivity index is 3.24. The normalized spacial score (nSPS) is 11.2. The molecule has 17 heavy (non-hydrogen) atoms. The third kappa shape index (κ3) is 3.38. The molecule has 0 radical (unpaired) electrons. The minimum absolute atomic E-state index is 0.0943. The van der Waals surface area contributed by atoms with Gasteiger partial charge in [-0.05, 0) is 0 Å². The molecule has 0 unspecified atom stereocenters. The van der Waals surface area contributed by atoms with Gasteiger partial charge in [0.15, 0.2) is 11.5 Å². The Hall–Kier alpha value is -1.70. The van der Waals surface area contributed by atoms with E-state index in [9.17, 15) is 13.2 Å². The number of halogens is 3. The quantitative estimate of drug-likeness (QED) is 0.878. The van der Waals surface area contributed by atoms with Crippen LogP contribution in [-0.2, 0) is 6.54 Å². The summed E-state index contributed by atoms with van der Waals surface area (Å²) < 4.78 is 49.9. The number of hydrogen-bond donors (Lipinski definition) is 1. The summed E-state index contributed by atoms with van der Waals surface area (Å²) in [5.41, 5.74) is 5.20. The van der Waals surface area contributed by atoms with Crippen LogP contribution in [0, 0.1) is 0 Å². The van der Waals surface area contributed by atoms with Crippen molar-refractivity contribution >= 4 is 0 Å². The van der Waals surface area contributed by atoms with E-state index in [1.54, 1.807) is 0 Å². The Kier molecular flexibility index (Phi) is 4.00. The van der Waals surface area contributed by atoms with E-state index in [0.29, 0.717) is 0 Å². The molecule has 8 heteroatoms. The molecule has 0 aliphatic rings. The monoisotopic (exact) mass is 252 g/mol. The number of nitrogens with zero attached hydrogens (tertiary/aromatic N) is 1. The molecule has 1 rings (SSSR count). The highest BCUT2D eigenvalue weighted by atomic mass is 19.4. The zero-order chi connectivity index (χ0) is 13.1. The summed E-state index contributed by atoms with van der Waals surface area (Å²) in [7, 11) is 2.53. The van der Waals surface area contributed by atoms with Crippen molar-refractivity contribution in [3.8, 4) is 17.4 Å². The third-order valence-corrected chi connectivity index (χ3v) is 1.83. The molecule has 1 aromatic rings. The van der Waals surface area contributed by atoms with Crippen LogP contribution in [-0.4, -0.2) is 25.6 Å². The minimum atomic E-state index is -4.84. The molecule has 0 bridgehead atoms. The number of aromatic nitrogens is 1. The summed E-state index contributed by atoms with van der Waals surface area (Å²) in [5.74, 6) is -0.602. The van der Waals surface area contributed by atoms with Gasteiger partial charge in [-0.3, -0.25) is 0 Å². The molecule has 1 heterocycles. The van der Waals surface area contributed by atoms with Crippen molar-refractivity contribution in [1.29, 1.82) is 0 Å². The fourth-order valence-electron chi connectivity index (χ4n) is 1.16. The van der Waals surface area contributed by atoms with Gasteiger partial charge in [0.25, 0.3) is 0 Å². The Morgan fingerprint density at radius 1 is 1.29 bits per heavy atom. The lowest BCUT2D eigenvalue weighted by molar-refractivity contribution is -0.275. The smallest absolute Gasteiger partial charge is 0.493 e. The highest BCUT2D eigenvalue weighted by molar-refractivity contribution is 5.46. The number of alkyl halides is 3. The summed E-state index contributed by atoms with van der Waals surface area (Å²) in [6, 6.07) is 1.18. The SMILES string of the molecule is COc1cc(OC)c(OC(F)(F)F)c(CN)n1. The van der Waals surface area contributed by atoms with Crippen molar-refractivity contribution in [1.82, 2.24) is 4.98 Å². The Bertz CT molecular complexity index is 371. The van der Waals surface area contributed by atoms with E-state index in [-0.39, 0.29) is 23.9 Å². The van der Waals surface area contributed by atoms with Crippen molar-refractivity contribution < 1.29 is 27.4 Å². The second kappa shape index (κ2) is 5.09. The van der Waals surface area contributed by atoms with Gasteiger partial charge in [-0.25, -0.2) is 4.98 Å². The van der Waals surface area contributed by atoms with Gasteiger partial charge in [0.2, 0.25) is 5.88 Å². The van der Waals surface area contributed by atoms with Gasteiger partial charge in [-0.1, -0.05) is 0 Å². The van der Waals surface area contributed by atoms with Gasteiger partial charge < -0.3 is 19.9 Å². The topological polar surface area (TPSA) is 66.6 Å². The summed E-state index contributed by atoms with van der Waals surface area (Å²) >= 11 is 0. The molecular weight excluding hydrogens is 241 g/mol. The first kappa shape index (κ1) is 13.4. The van der Waals surface area contributed by atoms with Gasteiger partial charge in [0.05, 0.1) is 14.2 Å². The van der Waals surface area contributed by atoms with E-state index in [1.807, 2.05) is 0 Å².